The third-order valence-electron chi connectivity index (χ3n) is 6.16. The van der Waals surface area contributed by atoms with Crippen molar-refractivity contribution in [3.05, 3.63) is 34.6 Å². The number of rotatable bonds is 4. The van der Waals surface area contributed by atoms with Crippen LogP contribution in [0.25, 0.3) is 11.0 Å². The van der Waals surface area contributed by atoms with Crippen LogP contribution in [0.2, 0.25) is 0 Å². The van der Waals surface area contributed by atoms with Crippen molar-refractivity contribution in [2.24, 2.45) is 12.5 Å². The van der Waals surface area contributed by atoms with Crippen molar-refractivity contribution in [1.82, 2.24) is 29.3 Å². The second kappa shape index (κ2) is 7.35. The largest absolute Gasteiger partial charge is 0.451 e. The van der Waals surface area contributed by atoms with Crippen LogP contribution in [0.15, 0.2) is 23.3 Å². The van der Waals surface area contributed by atoms with Crippen LogP contribution in [-0.2, 0) is 19.8 Å². The van der Waals surface area contributed by atoms with Gasteiger partial charge in [-0.3, -0.25) is 9.36 Å². The molecule has 0 saturated carbocycles. The van der Waals surface area contributed by atoms with Crippen molar-refractivity contribution in [3.8, 4) is 0 Å². The summed E-state index contributed by atoms with van der Waals surface area (Å²) in [4.78, 5) is 27.8. The highest BCUT2D eigenvalue weighted by molar-refractivity contribution is 5.75. The Balaban J connectivity index is 1.36. The van der Waals surface area contributed by atoms with Crippen LogP contribution < -0.4 is 15.4 Å². The number of hydrogen-bond acceptors (Lipinski definition) is 7. The van der Waals surface area contributed by atoms with Gasteiger partial charge in [-0.25, -0.2) is 23.4 Å². The summed E-state index contributed by atoms with van der Waals surface area (Å²) >= 11 is 0. The Hall–Kier alpha value is -3.32. The normalized spacial score (nSPS) is 18.0. The lowest BCUT2D eigenvalue weighted by molar-refractivity contribution is -0.144. The third-order valence-corrected chi connectivity index (χ3v) is 6.16. The van der Waals surface area contributed by atoms with E-state index in [1.54, 1.807) is 11.9 Å². The molecule has 33 heavy (non-hydrogen) atoms. The second-order valence-corrected chi connectivity index (χ2v) is 8.49. The predicted molar refractivity (Wildman–Crippen MR) is 107 cm³/mol. The van der Waals surface area contributed by atoms with Crippen LogP contribution in [0.1, 0.15) is 12.2 Å². The quantitative estimate of drug-likeness (QED) is 0.539. The molecule has 2 saturated heterocycles. The molecular weight excluding hydrogens is 451 g/mol. The number of nitrogens with zero attached hydrogens (tertiary/aromatic N) is 8. The maximum absolute atomic E-state index is 12.9. The highest BCUT2D eigenvalue weighted by Crippen LogP contribution is 2.42. The molecule has 14 heteroatoms. The van der Waals surface area contributed by atoms with E-state index in [0.717, 1.165) is 17.3 Å². The maximum atomic E-state index is 12.9. The van der Waals surface area contributed by atoms with E-state index in [-0.39, 0.29) is 27.8 Å². The zero-order valence-electron chi connectivity index (χ0n) is 17.4. The molecule has 176 valence electrons. The molecule has 2 aliphatic rings. The average molecular weight is 470 g/mol. The van der Waals surface area contributed by atoms with E-state index in [1.165, 1.54) is 16.8 Å². The first kappa shape index (κ1) is 21.5. The molecule has 2 fully saturated rings. The first-order chi connectivity index (χ1) is 15.6. The van der Waals surface area contributed by atoms with Crippen LogP contribution in [0.4, 0.5) is 33.7 Å². The molecular formula is C19H19F5N8O. The molecule has 5 heterocycles. The van der Waals surface area contributed by atoms with Crippen LogP contribution in [0.3, 0.4) is 0 Å². The zero-order chi connectivity index (χ0) is 23.5. The summed E-state index contributed by atoms with van der Waals surface area (Å²) in [6.45, 7) is 1.42. The number of halogens is 5. The molecule has 9 nitrogen and oxygen atoms in total. The summed E-state index contributed by atoms with van der Waals surface area (Å²) in [5.41, 5.74) is -0.475. The summed E-state index contributed by atoms with van der Waals surface area (Å²) < 4.78 is 66.9. The van der Waals surface area contributed by atoms with Gasteiger partial charge in [-0.15, -0.1) is 0 Å². The summed E-state index contributed by atoms with van der Waals surface area (Å²) in [7, 11) is 1.56. The zero-order valence-corrected chi connectivity index (χ0v) is 17.4. The highest BCUT2D eigenvalue weighted by atomic mass is 19.4. The first-order valence-corrected chi connectivity index (χ1v) is 10.2. The Morgan fingerprint density at radius 2 is 1.88 bits per heavy atom. The molecule has 0 N–H and O–H groups in total. The molecule has 2 aliphatic heterocycles. The number of anilines is 2. The van der Waals surface area contributed by atoms with Gasteiger partial charge in [-0.1, -0.05) is 0 Å². The minimum absolute atomic E-state index is 0.102. The summed E-state index contributed by atoms with van der Waals surface area (Å²) in [6.07, 6.45) is -4.19. The van der Waals surface area contributed by atoms with E-state index in [4.69, 9.17) is 0 Å². The fourth-order valence-corrected chi connectivity index (χ4v) is 4.59. The molecule has 0 aromatic carbocycles. The maximum Gasteiger partial charge on any atom is 0.451 e. The second-order valence-electron chi connectivity index (χ2n) is 8.49. The average Bonchev–Trinajstić information content (AvgIpc) is 3.34. The van der Waals surface area contributed by atoms with E-state index in [0.29, 0.717) is 32.1 Å². The van der Waals surface area contributed by atoms with Gasteiger partial charge >= 0.3 is 6.18 Å². The minimum Gasteiger partial charge on any atom is -0.355 e. The Labute approximate surface area is 183 Å². The number of alkyl halides is 5. The molecule has 1 spiro atoms. The summed E-state index contributed by atoms with van der Waals surface area (Å²) in [6, 6.07) is 1.44. The van der Waals surface area contributed by atoms with Crippen molar-refractivity contribution >= 4 is 22.8 Å². The smallest absolute Gasteiger partial charge is 0.355 e. The third kappa shape index (κ3) is 3.66. The van der Waals surface area contributed by atoms with Gasteiger partial charge in [0.2, 0.25) is 11.8 Å². The van der Waals surface area contributed by atoms with Gasteiger partial charge < -0.3 is 9.80 Å². The van der Waals surface area contributed by atoms with Gasteiger partial charge in [0.15, 0.2) is 5.65 Å². The van der Waals surface area contributed by atoms with E-state index in [1.807, 2.05) is 4.90 Å². The lowest BCUT2D eigenvalue weighted by Gasteiger charge is -2.48. The van der Waals surface area contributed by atoms with Gasteiger partial charge in [-0.2, -0.15) is 23.3 Å². The van der Waals surface area contributed by atoms with E-state index >= 15 is 0 Å². The Morgan fingerprint density at radius 1 is 1.15 bits per heavy atom. The van der Waals surface area contributed by atoms with Gasteiger partial charge in [0, 0.05) is 44.8 Å². The van der Waals surface area contributed by atoms with Crippen LogP contribution in [0, 0.1) is 5.41 Å². The number of aromatic nitrogens is 6. The monoisotopic (exact) mass is 470 g/mol. The Bertz CT molecular complexity index is 1260. The molecule has 0 bridgehead atoms. The molecule has 5 rings (SSSR count). The SMILES string of the molecule is Cn1c(N2CCC3(CN(c4ccnc(C(F)(F)F)n4)C3)C2)nc2c(cnn2CC(F)F)c1=O. The Morgan fingerprint density at radius 3 is 2.58 bits per heavy atom. The van der Waals surface area contributed by atoms with Crippen molar-refractivity contribution < 1.29 is 22.0 Å². The standard InChI is InChI=1S/C19H19F5N8O/c1-29-15(33)11-6-26-32(7-12(20)21)14(11)28-17(29)30-5-3-18(8-30)9-31(10-18)13-2-4-25-16(27-13)19(22,23)24/h2,4,6,12H,3,5,7-10H2,1H3. The summed E-state index contributed by atoms with van der Waals surface area (Å²) in [5, 5.41) is 4.03. The minimum atomic E-state index is -4.62. The molecule has 3 aromatic heterocycles. The van der Waals surface area contributed by atoms with Crippen molar-refractivity contribution in [3.63, 3.8) is 0 Å². The van der Waals surface area contributed by atoms with Crippen LogP contribution in [-0.4, -0.2) is 61.9 Å². The van der Waals surface area contributed by atoms with E-state index in [9.17, 15) is 26.7 Å². The fourth-order valence-electron chi connectivity index (χ4n) is 4.59. The van der Waals surface area contributed by atoms with Crippen LogP contribution in [0.5, 0.6) is 0 Å². The topological polar surface area (TPSA) is 85.0 Å². The van der Waals surface area contributed by atoms with Gasteiger partial charge in [0.05, 0.1) is 6.20 Å². The number of fused-ring (bicyclic) bond motifs is 1. The van der Waals surface area contributed by atoms with E-state index < -0.39 is 25.0 Å². The summed E-state index contributed by atoms with van der Waals surface area (Å²) in [5.74, 6) is -0.619. The highest BCUT2D eigenvalue weighted by Gasteiger charge is 2.49. The van der Waals surface area contributed by atoms with Gasteiger partial charge in [0.1, 0.15) is 17.7 Å². The van der Waals surface area contributed by atoms with Crippen molar-refractivity contribution in [2.75, 3.05) is 36.0 Å². The van der Waals surface area contributed by atoms with Crippen molar-refractivity contribution in [1.29, 1.82) is 0 Å². The molecule has 0 radical (unpaired) electrons. The lowest BCUT2D eigenvalue weighted by Crippen LogP contribution is -2.58. The van der Waals surface area contributed by atoms with E-state index in [2.05, 4.69) is 20.1 Å². The molecule has 0 unspecified atom stereocenters. The molecule has 0 atom stereocenters. The molecule has 0 amide bonds. The van der Waals surface area contributed by atoms with Crippen LogP contribution >= 0.6 is 0 Å². The Kier molecular flexibility index (Phi) is 4.79. The number of hydrogen-bond donors (Lipinski definition) is 0. The molecule has 3 aromatic rings. The fraction of sp³-hybridized carbons (Fsp3) is 0.526. The van der Waals surface area contributed by atoms with Gasteiger partial charge in [0.25, 0.3) is 12.0 Å². The first-order valence-electron chi connectivity index (χ1n) is 10.2. The lowest BCUT2D eigenvalue weighted by atomic mass is 9.79. The van der Waals surface area contributed by atoms with Crippen molar-refractivity contribution in [2.45, 2.75) is 25.6 Å². The predicted octanol–water partition coefficient (Wildman–Crippen LogP) is 1.92. The van der Waals surface area contributed by atoms with Gasteiger partial charge in [-0.05, 0) is 12.5 Å². The molecule has 0 aliphatic carbocycles.